The van der Waals surface area contributed by atoms with Crippen LogP contribution in [-0.2, 0) is 13.0 Å². The molecule has 0 radical (unpaired) electrons. The summed E-state index contributed by atoms with van der Waals surface area (Å²) in [5, 5.41) is 12.1. The van der Waals surface area contributed by atoms with Crippen molar-refractivity contribution in [3.8, 4) is 5.75 Å². The molecule has 4 rings (SSSR count). The van der Waals surface area contributed by atoms with E-state index in [0.717, 1.165) is 28.2 Å². The highest BCUT2D eigenvalue weighted by atomic mass is 19.1. The monoisotopic (exact) mass is 359 g/mol. The lowest BCUT2D eigenvalue weighted by Gasteiger charge is -2.29. The molecule has 1 aromatic heterocycles. The van der Waals surface area contributed by atoms with Crippen molar-refractivity contribution in [1.29, 1.82) is 0 Å². The minimum Gasteiger partial charge on any atom is -0.494 e. The fraction of sp³-hybridized carbons (Fsp3) is 0.222. The second kappa shape index (κ2) is 5.98. The maximum atomic E-state index is 13.9. The Balaban J connectivity index is 1.80. The SMILES string of the molecule is COc1cc(N2CCc3[nH]c4ccc(F)cc4c3C2)c([N+](=O)[O-])cc1F. The van der Waals surface area contributed by atoms with Crippen molar-refractivity contribution in [2.45, 2.75) is 13.0 Å². The van der Waals surface area contributed by atoms with Gasteiger partial charge in [0, 0.05) is 47.7 Å². The summed E-state index contributed by atoms with van der Waals surface area (Å²) in [6.07, 6.45) is 0.614. The van der Waals surface area contributed by atoms with Crippen LogP contribution in [0.5, 0.6) is 5.75 Å². The van der Waals surface area contributed by atoms with E-state index in [9.17, 15) is 18.9 Å². The number of nitro benzene ring substituents is 1. The van der Waals surface area contributed by atoms with E-state index >= 15 is 0 Å². The summed E-state index contributed by atoms with van der Waals surface area (Å²) in [5.41, 5.74) is 2.66. The number of nitrogens with one attached hydrogen (secondary N) is 1. The lowest BCUT2D eigenvalue weighted by Crippen LogP contribution is -2.30. The van der Waals surface area contributed by atoms with Crippen LogP contribution in [0.25, 0.3) is 10.9 Å². The zero-order valence-corrected chi connectivity index (χ0v) is 13.9. The molecule has 0 bridgehead atoms. The van der Waals surface area contributed by atoms with Gasteiger partial charge in [0.1, 0.15) is 11.5 Å². The normalized spacial score (nSPS) is 13.7. The number of methoxy groups -OCH3 is 1. The number of hydrogen-bond acceptors (Lipinski definition) is 4. The van der Waals surface area contributed by atoms with E-state index in [1.54, 1.807) is 11.0 Å². The van der Waals surface area contributed by atoms with Crippen LogP contribution in [0.15, 0.2) is 30.3 Å². The van der Waals surface area contributed by atoms with Crippen molar-refractivity contribution in [1.82, 2.24) is 4.98 Å². The van der Waals surface area contributed by atoms with Gasteiger partial charge in [-0.05, 0) is 18.2 Å². The topological polar surface area (TPSA) is 71.4 Å². The van der Waals surface area contributed by atoms with Gasteiger partial charge in [-0.25, -0.2) is 8.78 Å². The second-order valence-corrected chi connectivity index (χ2v) is 6.18. The molecule has 0 saturated carbocycles. The Hall–Kier alpha value is -3.16. The van der Waals surface area contributed by atoms with Gasteiger partial charge in [-0.15, -0.1) is 0 Å². The van der Waals surface area contributed by atoms with E-state index in [1.807, 2.05) is 0 Å². The third-order valence-corrected chi connectivity index (χ3v) is 4.72. The Morgan fingerprint density at radius 3 is 2.81 bits per heavy atom. The Morgan fingerprint density at radius 2 is 2.08 bits per heavy atom. The summed E-state index contributed by atoms with van der Waals surface area (Å²) >= 11 is 0. The summed E-state index contributed by atoms with van der Waals surface area (Å²) in [7, 11) is 1.31. The number of rotatable bonds is 3. The number of halogens is 2. The highest BCUT2D eigenvalue weighted by Gasteiger charge is 2.28. The molecule has 1 aliphatic rings. The van der Waals surface area contributed by atoms with Gasteiger partial charge in [-0.1, -0.05) is 0 Å². The predicted molar refractivity (Wildman–Crippen MR) is 92.6 cm³/mol. The molecule has 8 heteroatoms. The van der Waals surface area contributed by atoms with Crippen molar-refractivity contribution >= 4 is 22.3 Å². The van der Waals surface area contributed by atoms with Gasteiger partial charge in [0.15, 0.2) is 11.6 Å². The Labute approximate surface area is 147 Å². The summed E-state index contributed by atoms with van der Waals surface area (Å²) in [6.45, 7) is 0.867. The number of nitrogens with zero attached hydrogens (tertiary/aromatic N) is 2. The standard InChI is InChI=1S/C18H15F2N3O3/c1-26-18-8-16(17(23(24)25)7-13(18)20)22-5-4-15-12(9-22)11-6-10(19)2-3-14(11)21-15/h2-3,6-8,21H,4-5,9H2,1H3. The highest BCUT2D eigenvalue weighted by molar-refractivity contribution is 5.85. The fourth-order valence-corrected chi connectivity index (χ4v) is 3.48. The van der Waals surface area contributed by atoms with Gasteiger partial charge in [0.2, 0.25) is 0 Å². The largest absolute Gasteiger partial charge is 0.494 e. The first-order chi connectivity index (χ1) is 12.5. The van der Waals surface area contributed by atoms with Crippen LogP contribution in [0.2, 0.25) is 0 Å². The maximum absolute atomic E-state index is 13.9. The molecular formula is C18H15F2N3O3. The number of fused-ring (bicyclic) bond motifs is 3. The average Bonchev–Trinajstić information content (AvgIpc) is 2.98. The first kappa shape index (κ1) is 16.3. The molecule has 6 nitrogen and oxygen atoms in total. The molecule has 26 heavy (non-hydrogen) atoms. The summed E-state index contributed by atoms with van der Waals surface area (Å²) in [5.74, 6) is -1.18. The van der Waals surface area contributed by atoms with Gasteiger partial charge < -0.3 is 14.6 Å². The van der Waals surface area contributed by atoms with Crippen LogP contribution < -0.4 is 9.64 Å². The van der Waals surface area contributed by atoms with E-state index < -0.39 is 10.7 Å². The van der Waals surface area contributed by atoms with Crippen LogP contribution in [0.3, 0.4) is 0 Å². The van der Waals surface area contributed by atoms with Crippen LogP contribution in [0, 0.1) is 21.7 Å². The fourth-order valence-electron chi connectivity index (χ4n) is 3.48. The van der Waals surface area contributed by atoms with Gasteiger partial charge in [0.05, 0.1) is 18.1 Å². The van der Waals surface area contributed by atoms with Gasteiger partial charge in [0.25, 0.3) is 5.69 Å². The molecule has 2 heterocycles. The molecule has 0 amide bonds. The molecule has 3 aromatic rings. The summed E-state index contributed by atoms with van der Waals surface area (Å²) in [6, 6.07) is 6.73. The molecule has 0 aliphatic carbocycles. The quantitative estimate of drug-likeness (QED) is 0.568. The average molecular weight is 359 g/mol. The Kier molecular flexibility index (Phi) is 3.75. The molecule has 1 N–H and O–H groups in total. The smallest absolute Gasteiger partial charge is 0.295 e. The van der Waals surface area contributed by atoms with E-state index in [-0.39, 0.29) is 22.9 Å². The number of nitro groups is 1. The van der Waals surface area contributed by atoms with Crippen molar-refractivity contribution in [3.05, 3.63) is 63.3 Å². The molecule has 1 aliphatic heterocycles. The Morgan fingerprint density at radius 1 is 1.27 bits per heavy atom. The zero-order chi connectivity index (χ0) is 18.4. The zero-order valence-electron chi connectivity index (χ0n) is 13.9. The highest BCUT2D eigenvalue weighted by Crippen LogP contribution is 2.38. The van der Waals surface area contributed by atoms with Crippen LogP contribution in [0.4, 0.5) is 20.2 Å². The number of benzene rings is 2. The molecule has 2 aromatic carbocycles. The lowest BCUT2D eigenvalue weighted by atomic mass is 10.0. The van der Waals surface area contributed by atoms with Crippen LogP contribution >= 0.6 is 0 Å². The van der Waals surface area contributed by atoms with E-state index in [4.69, 9.17) is 4.74 Å². The van der Waals surface area contributed by atoms with Crippen molar-refractivity contribution in [2.75, 3.05) is 18.6 Å². The van der Waals surface area contributed by atoms with Crippen LogP contribution in [-0.4, -0.2) is 23.6 Å². The van der Waals surface area contributed by atoms with Gasteiger partial charge in [-0.2, -0.15) is 0 Å². The first-order valence-corrected chi connectivity index (χ1v) is 8.03. The van der Waals surface area contributed by atoms with E-state index in [2.05, 4.69) is 4.98 Å². The number of hydrogen-bond donors (Lipinski definition) is 1. The number of anilines is 1. The molecule has 0 fully saturated rings. The predicted octanol–water partition coefficient (Wildman–Crippen LogP) is 3.93. The molecular weight excluding hydrogens is 344 g/mol. The Bertz CT molecular complexity index is 1030. The number of ether oxygens (including phenoxy) is 1. The number of aromatic nitrogens is 1. The molecule has 0 atom stereocenters. The summed E-state index contributed by atoms with van der Waals surface area (Å²) in [4.78, 5) is 15.8. The molecule has 0 saturated heterocycles. The third-order valence-electron chi connectivity index (χ3n) is 4.72. The number of aromatic amines is 1. The molecule has 134 valence electrons. The minimum absolute atomic E-state index is 0.0543. The van der Waals surface area contributed by atoms with Crippen molar-refractivity contribution < 1.29 is 18.4 Å². The second-order valence-electron chi connectivity index (χ2n) is 6.18. The van der Waals surface area contributed by atoms with Gasteiger partial charge in [-0.3, -0.25) is 10.1 Å². The first-order valence-electron chi connectivity index (χ1n) is 8.03. The van der Waals surface area contributed by atoms with Crippen LogP contribution in [0.1, 0.15) is 11.3 Å². The third kappa shape index (κ3) is 2.54. The van der Waals surface area contributed by atoms with E-state index in [1.165, 1.54) is 25.3 Å². The minimum atomic E-state index is -0.783. The molecule has 0 unspecified atom stereocenters. The van der Waals surface area contributed by atoms with Gasteiger partial charge >= 0.3 is 0 Å². The summed E-state index contributed by atoms with van der Waals surface area (Å²) < 4.78 is 32.5. The maximum Gasteiger partial charge on any atom is 0.295 e. The number of H-pyrrole nitrogens is 1. The lowest BCUT2D eigenvalue weighted by molar-refractivity contribution is -0.384. The molecule has 0 spiro atoms. The van der Waals surface area contributed by atoms with Crippen molar-refractivity contribution in [3.63, 3.8) is 0 Å². The van der Waals surface area contributed by atoms with Crippen molar-refractivity contribution in [2.24, 2.45) is 0 Å². The van der Waals surface area contributed by atoms with E-state index in [0.29, 0.717) is 19.5 Å².